The molecule has 1 aromatic carbocycles. The van der Waals surface area contributed by atoms with Crippen LogP contribution >= 0.6 is 11.5 Å². The van der Waals surface area contributed by atoms with E-state index in [1.165, 1.54) is 11.3 Å². The standard InChI is InChI=1S/C22H23N5O2S/c28-21(24-16-9-3-1-4-10-16)20(18-13-7-8-14-23-18)27(17-11-5-2-6-12-17)22(29)19-15-30-26-25-19/h2,5-8,11-16,20H,1,3-4,9-10H2,(H,24,28)/t20-/m1/s1. The predicted octanol–water partition coefficient (Wildman–Crippen LogP) is 3.77. The Kier molecular flexibility index (Phi) is 6.44. The molecule has 1 saturated carbocycles. The second kappa shape index (κ2) is 9.58. The first-order chi connectivity index (χ1) is 14.7. The molecule has 0 unspecified atom stereocenters. The van der Waals surface area contributed by atoms with Crippen LogP contribution in [0.15, 0.2) is 60.1 Å². The predicted molar refractivity (Wildman–Crippen MR) is 115 cm³/mol. The number of rotatable bonds is 6. The molecule has 0 aliphatic heterocycles. The summed E-state index contributed by atoms with van der Waals surface area (Å²) in [5, 5.41) is 8.69. The highest BCUT2D eigenvalue weighted by molar-refractivity contribution is 7.03. The van der Waals surface area contributed by atoms with Crippen molar-refractivity contribution in [3.8, 4) is 0 Å². The molecule has 0 radical (unpaired) electrons. The molecule has 1 fully saturated rings. The lowest BCUT2D eigenvalue weighted by atomic mass is 9.95. The van der Waals surface area contributed by atoms with E-state index in [-0.39, 0.29) is 23.6 Å². The number of anilines is 1. The average Bonchev–Trinajstić information content (AvgIpc) is 3.34. The van der Waals surface area contributed by atoms with E-state index in [1.54, 1.807) is 23.7 Å². The Morgan fingerprint density at radius 2 is 1.80 bits per heavy atom. The van der Waals surface area contributed by atoms with Gasteiger partial charge in [0, 0.05) is 23.3 Å². The van der Waals surface area contributed by atoms with Crippen LogP contribution < -0.4 is 10.2 Å². The van der Waals surface area contributed by atoms with Crippen LogP contribution in [0, 0.1) is 0 Å². The van der Waals surface area contributed by atoms with Crippen molar-refractivity contribution >= 4 is 29.0 Å². The van der Waals surface area contributed by atoms with Crippen molar-refractivity contribution in [1.82, 2.24) is 19.9 Å². The lowest BCUT2D eigenvalue weighted by Crippen LogP contribution is -2.47. The van der Waals surface area contributed by atoms with Gasteiger partial charge in [0.05, 0.1) is 5.69 Å². The number of carbonyl (C=O) groups excluding carboxylic acids is 2. The fourth-order valence-corrected chi connectivity index (χ4v) is 4.23. The lowest BCUT2D eigenvalue weighted by Gasteiger charge is -2.32. The third-order valence-electron chi connectivity index (χ3n) is 5.26. The van der Waals surface area contributed by atoms with E-state index in [0.717, 1.165) is 37.2 Å². The molecule has 3 aromatic rings. The van der Waals surface area contributed by atoms with Gasteiger partial charge in [0.15, 0.2) is 11.7 Å². The summed E-state index contributed by atoms with van der Waals surface area (Å²) in [4.78, 5) is 32.8. The zero-order valence-corrected chi connectivity index (χ0v) is 17.3. The summed E-state index contributed by atoms with van der Waals surface area (Å²) in [6.45, 7) is 0. The minimum Gasteiger partial charge on any atom is -0.351 e. The molecular weight excluding hydrogens is 398 g/mol. The molecule has 1 atom stereocenters. The average molecular weight is 422 g/mol. The molecule has 1 N–H and O–H groups in total. The second-order valence-corrected chi connectivity index (χ2v) is 7.91. The molecule has 0 spiro atoms. The normalized spacial score (nSPS) is 15.3. The van der Waals surface area contributed by atoms with E-state index in [0.29, 0.717) is 11.4 Å². The highest BCUT2D eigenvalue weighted by atomic mass is 32.1. The van der Waals surface area contributed by atoms with Crippen molar-refractivity contribution in [1.29, 1.82) is 0 Å². The maximum atomic E-state index is 13.5. The number of amides is 2. The molecule has 154 valence electrons. The first-order valence-electron chi connectivity index (χ1n) is 10.1. The molecule has 0 bridgehead atoms. The van der Waals surface area contributed by atoms with Crippen molar-refractivity contribution in [3.63, 3.8) is 0 Å². The van der Waals surface area contributed by atoms with E-state index < -0.39 is 6.04 Å². The molecular formula is C22H23N5O2S. The number of nitrogens with one attached hydrogen (secondary N) is 1. The van der Waals surface area contributed by atoms with Crippen molar-refractivity contribution in [2.75, 3.05) is 4.90 Å². The van der Waals surface area contributed by atoms with Gasteiger partial charge in [-0.3, -0.25) is 19.5 Å². The van der Waals surface area contributed by atoms with Crippen LogP contribution in [0.2, 0.25) is 0 Å². The summed E-state index contributed by atoms with van der Waals surface area (Å²) < 4.78 is 3.82. The highest BCUT2D eigenvalue weighted by Gasteiger charge is 2.36. The van der Waals surface area contributed by atoms with Crippen LogP contribution in [0.1, 0.15) is 54.3 Å². The summed E-state index contributed by atoms with van der Waals surface area (Å²) in [5.41, 5.74) is 1.31. The third kappa shape index (κ3) is 4.54. The van der Waals surface area contributed by atoms with Crippen LogP contribution in [-0.2, 0) is 4.79 Å². The third-order valence-corrected chi connectivity index (χ3v) is 5.76. The molecule has 1 aliphatic carbocycles. The zero-order valence-electron chi connectivity index (χ0n) is 16.5. The summed E-state index contributed by atoms with van der Waals surface area (Å²) in [6.07, 6.45) is 6.94. The second-order valence-electron chi connectivity index (χ2n) is 7.30. The highest BCUT2D eigenvalue weighted by Crippen LogP contribution is 2.29. The Balaban J connectivity index is 1.74. The maximum absolute atomic E-state index is 13.5. The van der Waals surface area contributed by atoms with E-state index in [1.807, 2.05) is 36.4 Å². The summed E-state index contributed by atoms with van der Waals surface area (Å²) >= 11 is 1.10. The van der Waals surface area contributed by atoms with E-state index in [4.69, 9.17) is 0 Å². The lowest BCUT2D eigenvalue weighted by molar-refractivity contribution is -0.123. The quantitative estimate of drug-likeness (QED) is 0.655. The monoisotopic (exact) mass is 421 g/mol. The molecule has 1 aliphatic rings. The van der Waals surface area contributed by atoms with Gasteiger partial charge >= 0.3 is 0 Å². The summed E-state index contributed by atoms with van der Waals surface area (Å²) in [7, 11) is 0. The Labute approximate surface area is 179 Å². The first kappa shape index (κ1) is 20.2. The van der Waals surface area contributed by atoms with Gasteiger partial charge < -0.3 is 5.32 Å². The maximum Gasteiger partial charge on any atom is 0.280 e. The van der Waals surface area contributed by atoms with Crippen molar-refractivity contribution in [2.45, 2.75) is 44.2 Å². The van der Waals surface area contributed by atoms with Gasteiger partial charge in [-0.05, 0) is 48.6 Å². The fourth-order valence-electron chi connectivity index (χ4n) is 3.80. The molecule has 2 heterocycles. The van der Waals surface area contributed by atoms with E-state index in [2.05, 4.69) is 19.9 Å². The first-order valence-corrected chi connectivity index (χ1v) is 10.9. The van der Waals surface area contributed by atoms with Gasteiger partial charge in [-0.2, -0.15) is 0 Å². The minimum atomic E-state index is -0.912. The molecule has 2 aromatic heterocycles. The van der Waals surface area contributed by atoms with Gasteiger partial charge in [-0.1, -0.05) is 48.0 Å². The smallest absolute Gasteiger partial charge is 0.280 e. The van der Waals surface area contributed by atoms with Crippen LogP contribution in [0.3, 0.4) is 0 Å². The number of aromatic nitrogens is 3. The van der Waals surface area contributed by atoms with Crippen LogP contribution in [-0.4, -0.2) is 32.4 Å². The Bertz CT molecular complexity index is 960. The fraction of sp³-hybridized carbons (Fsp3) is 0.318. The van der Waals surface area contributed by atoms with Crippen molar-refractivity contribution in [2.24, 2.45) is 0 Å². The van der Waals surface area contributed by atoms with Gasteiger partial charge in [0.2, 0.25) is 5.91 Å². The number of nitrogens with zero attached hydrogens (tertiary/aromatic N) is 4. The van der Waals surface area contributed by atoms with Gasteiger partial charge in [-0.25, -0.2) is 0 Å². The number of hydrogen-bond acceptors (Lipinski definition) is 6. The van der Waals surface area contributed by atoms with E-state index in [9.17, 15) is 9.59 Å². The molecule has 0 saturated heterocycles. The number of hydrogen-bond donors (Lipinski definition) is 1. The minimum absolute atomic E-state index is 0.117. The van der Waals surface area contributed by atoms with Crippen LogP contribution in [0.25, 0.3) is 0 Å². The van der Waals surface area contributed by atoms with Crippen LogP contribution in [0.4, 0.5) is 5.69 Å². The Hall–Kier alpha value is -3.13. The van der Waals surface area contributed by atoms with Crippen molar-refractivity contribution < 1.29 is 9.59 Å². The van der Waals surface area contributed by atoms with Gasteiger partial charge in [-0.15, -0.1) is 5.10 Å². The Morgan fingerprint density at radius 3 is 2.47 bits per heavy atom. The van der Waals surface area contributed by atoms with Gasteiger partial charge in [0.25, 0.3) is 5.91 Å². The molecule has 7 nitrogen and oxygen atoms in total. The largest absolute Gasteiger partial charge is 0.351 e. The molecule has 8 heteroatoms. The topological polar surface area (TPSA) is 88.1 Å². The number of benzene rings is 1. The molecule has 30 heavy (non-hydrogen) atoms. The van der Waals surface area contributed by atoms with Gasteiger partial charge in [0.1, 0.15) is 0 Å². The molecule has 2 amide bonds. The number of pyridine rings is 1. The number of carbonyl (C=O) groups is 2. The van der Waals surface area contributed by atoms with E-state index >= 15 is 0 Å². The van der Waals surface area contributed by atoms with Crippen molar-refractivity contribution in [3.05, 3.63) is 71.5 Å². The number of para-hydroxylation sites is 1. The Morgan fingerprint density at radius 1 is 1.03 bits per heavy atom. The summed E-state index contributed by atoms with van der Waals surface area (Å²) in [6, 6.07) is 13.7. The summed E-state index contributed by atoms with van der Waals surface area (Å²) in [5.74, 6) is -0.620. The zero-order chi connectivity index (χ0) is 20.8. The molecule has 4 rings (SSSR count). The van der Waals surface area contributed by atoms with Crippen LogP contribution in [0.5, 0.6) is 0 Å². The SMILES string of the molecule is O=C(NC1CCCCC1)[C@@H](c1ccccn1)N(C(=O)c1csnn1)c1ccccc1.